The van der Waals surface area contributed by atoms with E-state index < -0.39 is 17.9 Å². The van der Waals surface area contributed by atoms with Crippen molar-refractivity contribution in [1.29, 1.82) is 0 Å². The fraction of sp³-hybridized carbons (Fsp3) is 0.800. The molecule has 1 atom stereocenters. The molecule has 0 aromatic carbocycles. The topological polar surface area (TPSA) is 83.8 Å². The van der Waals surface area contributed by atoms with Crippen molar-refractivity contribution in [2.75, 3.05) is 6.61 Å². The average molecular weight is 216 g/mol. The van der Waals surface area contributed by atoms with Gasteiger partial charge in [-0.1, -0.05) is 0 Å². The molecule has 1 saturated heterocycles. The van der Waals surface area contributed by atoms with Gasteiger partial charge in [0, 0.05) is 6.61 Å². The molecule has 0 amide bonds. The predicted molar refractivity (Wildman–Crippen MR) is 51.6 cm³/mol. The van der Waals surface area contributed by atoms with Crippen LogP contribution < -0.4 is 0 Å². The third-order valence-electron chi connectivity index (χ3n) is 2.65. The number of hydrogen-bond acceptors (Lipinski definition) is 3. The average Bonchev–Trinajstić information content (AvgIpc) is 2.18. The first kappa shape index (κ1) is 12.0. The molecule has 1 heterocycles. The summed E-state index contributed by atoms with van der Waals surface area (Å²) in [6.45, 7) is 0.704. The highest BCUT2D eigenvalue weighted by atomic mass is 16.5. The Morgan fingerprint density at radius 3 is 2.40 bits per heavy atom. The molecular formula is C10H16O5. The Hall–Kier alpha value is -1.10. The molecule has 0 radical (unpaired) electrons. The number of ether oxygens (including phenoxy) is 1. The summed E-state index contributed by atoms with van der Waals surface area (Å²) in [5.74, 6) is -3.83. The lowest BCUT2D eigenvalue weighted by atomic mass is 9.97. The Balaban J connectivity index is 2.32. The highest BCUT2D eigenvalue weighted by Gasteiger charge is 2.27. The number of carboxylic acids is 2. The lowest BCUT2D eigenvalue weighted by molar-refractivity contribution is -0.155. The van der Waals surface area contributed by atoms with Crippen molar-refractivity contribution >= 4 is 11.9 Å². The van der Waals surface area contributed by atoms with Gasteiger partial charge in [-0.15, -0.1) is 0 Å². The quantitative estimate of drug-likeness (QED) is 0.673. The second-order valence-corrected chi connectivity index (χ2v) is 3.79. The molecule has 0 bridgehead atoms. The van der Waals surface area contributed by atoms with Crippen LogP contribution in [-0.4, -0.2) is 34.9 Å². The highest BCUT2D eigenvalue weighted by molar-refractivity contribution is 5.92. The van der Waals surface area contributed by atoms with Crippen LogP contribution in [0.5, 0.6) is 0 Å². The molecule has 5 heteroatoms. The van der Waals surface area contributed by atoms with Gasteiger partial charge in [-0.05, 0) is 32.1 Å². The number of rotatable bonds is 5. The van der Waals surface area contributed by atoms with Crippen LogP contribution in [0, 0.1) is 5.92 Å². The third-order valence-corrected chi connectivity index (χ3v) is 2.65. The summed E-state index contributed by atoms with van der Waals surface area (Å²) in [6.07, 6.45) is 3.73. The molecule has 2 N–H and O–H groups in total. The number of carboxylic acid groups (broad SMARTS) is 2. The molecule has 0 aliphatic carbocycles. The molecule has 1 aliphatic rings. The molecule has 0 saturated carbocycles. The monoisotopic (exact) mass is 216 g/mol. The summed E-state index contributed by atoms with van der Waals surface area (Å²) in [4.78, 5) is 21.2. The molecule has 15 heavy (non-hydrogen) atoms. The van der Waals surface area contributed by atoms with Crippen molar-refractivity contribution in [2.45, 2.75) is 38.2 Å². The largest absolute Gasteiger partial charge is 0.481 e. The van der Waals surface area contributed by atoms with Gasteiger partial charge in [0.05, 0.1) is 6.10 Å². The first-order valence-electron chi connectivity index (χ1n) is 5.18. The van der Waals surface area contributed by atoms with Crippen LogP contribution in [0.15, 0.2) is 0 Å². The van der Waals surface area contributed by atoms with E-state index in [0.717, 1.165) is 19.3 Å². The van der Waals surface area contributed by atoms with E-state index in [9.17, 15) is 9.59 Å². The van der Waals surface area contributed by atoms with Crippen LogP contribution in [0.3, 0.4) is 0 Å². The third kappa shape index (κ3) is 3.87. The minimum atomic E-state index is -1.30. The zero-order valence-corrected chi connectivity index (χ0v) is 8.52. The zero-order chi connectivity index (χ0) is 11.3. The first-order chi connectivity index (χ1) is 7.11. The zero-order valence-electron chi connectivity index (χ0n) is 8.52. The van der Waals surface area contributed by atoms with Crippen LogP contribution in [0.25, 0.3) is 0 Å². The Bertz CT molecular complexity index is 218. The molecule has 0 aromatic heterocycles. The minimum Gasteiger partial charge on any atom is -0.481 e. The summed E-state index contributed by atoms with van der Waals surface area (Å²) in [5.41, 5.74) is 0. The highest BCUT2D eigenvalue weighted by Crippen LogP contribution is 2.19. The summed E-state index contributed by atoms with van der Waals surface area (Å²) in [6, 6.07) is 0. The predicted octanol–water partition coefficient (Wildman–Crippen LogP) is 1.12. The molecule has 86 valence electrons. The van der Waals surface area contributed by atoms with Crippen LogP contribution in [0.2, 0.25) is 0 Å². The van der Waals surface area contributed by atoms with E-state index in [1.165, 1.54) is 0 Å². The fourth-order valence-corrected chi connectivity index (χ4v) is 1.74. The van der Waals surface area contributed by atoms with Crippen molar-refractivity contribution in [3.63, 3.8) is 0 Å². The van der Waals surface area contributed by atoms with E-state index in [2.05, 4.69) is 0 Å². The maximum atomic E-state index is 10.6. The van der Waals surface area contributed by atoms with Crippen molar-refractivity contribution in [1.82, 2.24) is 0 Å². The van der Waals surface area contributed by atoms with E-state index in [0.29, 0.717) is 13.0 Å². The molecule has 0 spiro atoms. The Kier molecular flexibility index (Phi) is 4.55. The SMILES string of the molecule is O=C(O)C(CCC1CCCCO1)C(=O)O. The lowest BCUT2D eigenvalue weighted by Crippen LogP contribution is -2.26. The van der Waals surface area contributed by atoms with Gasteiger partial charge in [-0.2, -0.15) is 0 Å². The second-order valence-electron chi connectivity index (χ2n) is 3.79. The fourth-order valence-electron chi connectivity index (χ4n) is 1.74. The van der Waals surface area contributed by atoms with Gasteiger partial charge in [0.2, 0.25) is 0 Å². The second kappa shape index (κ2) is 5.70. The molecule has 1 fully saturated rings. The van der Waals surface area contributed by atoms with E-state index in [1.807, 2.05) is 0 Å². The molecule has 1 aliphatic heterocycles. The van der Waals surface area contributed by atoms with Gasteiger partial charge in [0.25, 0.3) is 0 Å². The Labute approximate surface area is 88.0 Å². The van der Waals surface area contributed by atoms with Gasteiger partial charge in [-0.25, -0.2) is 0 Å². The van der Waals surface area contributed by atoms with E-state index in [4.69, 9.17) is 14.9 Å². The maximum absolute atomic E-state index is 10.6. The van der Waals surface area contributed by atoms with Crippen LogP contribution >= 0.6 is 0 Å². The molecule has 1 unspecified atom stereocenters. The number of aliphatic carboxylic acids is 2. The van der Waals surface area contributed by atoms with Gasteiger partial charge in [0.15, 0.2) is 5.92 Å². The molecule has 1 rings (SSSR count). The van der Waals surface area contributed by atoms with Crippen LogP contribution in [0.4, 0.5) is 0 Å². The van der Waals surface area contributed by atoms with E-state index >= 15 is 0 Å². The summed E-state index contributed by atoms with van der Waals surface area (Å²) in [5, 5.41) is 17.3. The Morgan fingerprint density at radius 2 is 1.93 bits per heavy atom. The van der Waals surface area contributed by atoms with Crippen molar-refractivity contribution in [3.8, 4) is 0 Å². The maximum Gasteiger partial charge on any atom is 0.317 e. The van der Waals surface area contributed by atoms with Crippen molar-refractivity contribution in [3.05, 3.63) is 0 Å². The number of carbonyl (C=O) groups is 2. The summed E-state index contributed by atoms with van der Waals surface area (Å²) in [7, 11) is 0. The lowest BCUT2D eigenvalue weighted by Gasteiger charge is -2.22. The Morgan fingerprint density at radius 1 is 1.27 bits per heavy atom. The molecular weight excluding hydrogens is 200 g/mol. The normalized spacial score (nSPS) is 21.5. The molecule has 5 nitrogen and oxygen atoms in total. The van der Waals surface area contributed by atoms with Gasteiger partial charge >= 0.3 is 11.9 Å². The van der Waals surface area contributed by atoms with Crippen LogP contribution in [-0.2, 0) is 14.3 Å². The standard InChI is InChI=1S/C10H16O5/c11-9(12)8(10(13)14)5-4-7-3-1-2-6-15-7/h7-8H,1-6H2,(H,11,12)(H,13,14). The summed E-state index contributed by atoms with van der Waals surface area (Å²) < 4.78 is 5.40. The van der Waals surface area contributed by atoms with Gasteiger partial charge in [0.1, 0.15) is 0 Å². The van der Waals surface area contributed by atoms with Gasteiger partial charge in [-0.3, -0.25) is 9.59 Å². The summed E-state index contributed by atoms with van der Waals surface area (Å²) >= 11 is 0. The smallest absolute Gasteiger partial charge is 0.317 e. The van der Waals surface area contributed by atoms with E-state index in [-0.39, 0.29) is 12.5 Å². The van der Waals surface area contributed by atoms with Gasteiger partial charge < -0.3 is 14.9 Å². The number of hydrogen-bond donors (Lipinski definition) is 2. The first-order valence-corrected chi connectivity index (χ1v) is 5.18. The minimum absolute atomic E-state index is 0.0416. The van der Waals surface area contributed by atoms with Crippen molar-refractivity contribution < 1.29 is 24.5 Å². The van der Waals surface area contributed by atoms with E-state index in [1.54, 1.807) is 0 Å². The van der Waals surface area contributed by atoms with Crippen LogP contribution in [0.1, 0.15) is 32.1 Å². The van der Waals surface area contributed by atoms with Crippen molar-refractivity contribution in [2.24, 2.45) is 5.92 Å². The molecule has 0 aromatic rings.